The molecule has 0 spiro atoms. The van der Waals surface area contributed by atoms with E-state index in [1.54, 1.807) is 11.8 Å². The number of aromatic nitrogens is 2. The Morgan fingerprint density at radius 2 is 2.28 bits per heavy atom. The minimum Gasteiger partial charge on any atom is -0.481 e. The maximum Gasteiger partial charge on any atom is 0.216 e. The van der Waals surface area contributed by atoms with Crippen LogP contribution in [0, 0.1) is 0 Å². The highest BCUT2D eigenvalue weighted by molar-refractivity contribution is 5.32. The van der Waals surface area contributed by atoms with Gasteiger partial charge in [-0.2, -0.15) is 5.10 Å². The van der Waals surface area contributed by atoms with Gasteiger partial charge in [-0.1, -0.05) is 6.92 Å². The van der Waals surface area contributed by atoms with E-state index >= 15 is 0 Å². The number of hydrogen-bond donors (Lipinski definition) is 1. The van der Waals surface area contributed by atoms with Crippen molar-refractivity contribution in [3.8, 4) is 5.88 Å². The molecule has 0 bridgehead atoms. The van der Waals surface area contributed by atoms with Crippen LogP contribution in [0.4, 0.5) is 0 Å². The van der Waals surface area contributed by atoms with Gasteiger partial charge in [0.2, 0.25) is 5.88 Å². The lowest BCUT2D eigenvalue weighted by Crippen LogP contribution is -2.31. The van der Waals surface area contributed by atoms with Crippen LogP contribution in [0.5, 0.6) is 5.88 Å². The molecule has 0 radical (unpaired) electrons. The molecule has 0 amide bonds. The average molecular weight is 253 g/mol. The maximum absolute atomic E-state index is 9.38. The molecule has 0 unspecified atom stereocenters. The summed E-state index contributed by atoms with van der Waals surface area (Å²) in [5.74, 6) is 0.843. The van der Waals surface area contributed by atoms with Gasteiger partial charge >= 0.3 is 0 Å². The molecule has 1 aromatic rings. The summed E-state index contributed by atoms with van der Waals surface area (Å²) in [5.41, 5.74) is 2.26. The van der Waals surface area contributed by atoms with Crippen molar-refractivity contribution in [1.82, 2.24) is 14.7 Å². The number of aliphatic hydroxyl groups excluding tert-OH is 1. The van der Waals surface area contributed by atoms with Crippen LogP contribution < -0.4 is 4.74 Å². The zero-order valence-electron chi connectivity index (χ0n) is 11.5. The van der Waals surface area contributed by atoms with Crippen molar-refractivity contribution in [1.29, 1.82) is 0 Å². The Kier molecular flexibility index (Phi) is 4.24. The average Bonchev–Trinajstić information content (AvgIpc) is 2.94. The first-order chi connectivity index (χ1) is 8.71. The lowest BCUT2D eigenvalue weighted by molar-refractivity contribution is 0.152. The van der Waals surface area contributed by atoms with E-state index in [1.165, 1.54) is 5.56 Å². The maximum atomic E-state index is 9.38. The van der Waals surface area contributed by atoms with Gasteiger partial charge in [-0.05, 0) is 25.8 Å². The normalized spacial score (nSPS) is 20.6. The van der Waals surface area contributed by atoms with Crippen molar-refractivity contribution in [3.63, 3.8) is 0 Å². The van der Waals surface area contributed by atoms with Crippen LogP contribution in [0.3, 0.4) is 0 Å². The molecular weight excluding hydrogens is 230 g/mol. The summed E-state index contributed by atoms with van der Waals surface area (Å²) in [5, 5.41) is 13.9. The van der Waals surface area contributed by atoms with Gasteiger partial charge in [-0.15, -0.1) is 0 Å². The van der Waals surface area contributed by atoms with E-state index < -0.39 is 0 Å². The molecule has 1 aliphatic heterocycles. The SMILES string of the molecule is CCc1nn(C)c(OC)c1CN1CCC[C@@H]1CO. The molecule has 0 saturated carbocycles. The fraction of sp³-hybridized carbons (Fsp3) is 0.769. The Hall–Kier alpha value is -1.07. The molecule has 18 heavy (non-hydrogen) atoms. The highest BCUT2D eigenvalue weighted by Gasteiger charge is 2.27. The van der Waals surface area contributed by atoms with Gasteiger partial charge in [0.05, 0.1) is 25.0 Å². The van der Waals surface area contributed by atoms with E-state index in [4.69, 9.17) is 4.74 Å². The van der Waals surface area contributed by atoms with Crippen LogP contribution in [0.15, 0.2) is 0 Å². The topological polar surface area (TPSA) is 50.5 Å². The molecule has 0 aliphatic carbocycles. The largest absolute Gasteiger partial charge is 0.481 e. The zero-order chi connectivity index (χ0) is 13.1. The third-order valence-electron chi connectivity index (χ3n) is 3.77. The zero-order valence-corrected chi connectivity index (χ0v) is 11.5. The van der Waals surface area contributed by atoms with Crippen molar-refractivity contribution in [3.05, 3.63) is 11.3 Å². The van der Waals surface area contributed by atoms with Gasteiger partial charge in [-0.3, -0.25) is 4.90 Å². The Morgan fingerprint density at radius 3 is 2.89 bits per heavy atom. The van der Waals surface area contributed by atoms with Crippen molar-refractivity contribution < 1.29 is 9.84 Å². The summed E-state index contributed by atoms with van der Waals surface area (Å²) in [4.78, 5) is 2.33. The number of hydrogen-bond acceptors (Lipinski definition) is 4. The van der Waals surface area contributed by atoms with Crippen LogP contribution in [0.1, 0.15) is 31.0 Å². The third-order valence-corrected chi connectivity index (χ3v) is 3.77. The minimum atomic E-state index is 0.240. The smallest absolute Gasteiger partial charge is 0.216 e. The third kappa shape index (κ3) is 2.37. The second-order valence-electron chi connectivity index (χ2n) is 4.86. The summed E-state index contributed by atoms with van der Waals surface area (Å²) in [7, 11) is 3.60. The number of rotatable bonds is 5. The summed E-state index contributed by atoms with van der Waals surface area (Å²) in [6.07, 6.45) is 3.15. The molecule has 2 rings (SSSR count). The van der Waals surface area contributed by atoms with E-state index in [2.05, 4.69) is 16.9 Å². The number of ether oxygens (including phenoxy) is 1. The van der Waals surface area contributed by atoms with Crippen molar-refractivity contribution in [2.75, 3.05) is 20.3 Å². The monoisotopic (exact) mass is 253 g/mol. The predicted octanol–water partition coefficient (Wildman–Crippen LogP) is 0.948. The fourth-order valence-corrected chi connectivity index (χ4v) is 2.82. The van der Waals surface area contributed by atoms with Crippen LogP contribution >= 0.6 is 0 Å². The molecule has 5 heteroatoms. The Morgan fingerprint density at radius 1 is 1.50 bits per heavy atom. The second-order valence-corrected chi connectivity index (χ2v) is 4.86. The molecule has 0 aromatic carbocycles. The number of nitrogens with zero attached hydrogens (tertiary/aromatic N) is 3. The summed E-state index contributed by atoms with van der Waals surface area (Å²) in [6, 6.07) is 0.291. The van der Waals surface area contributed by atoms with Crippen LogP contribution in [-0.2, 0) is 20.0 Å². The van der Waals surface area contributed by atoms with Gasteiger partial charge in [-0.25, -0.2) is 4.68 Å². The van der Waals surface area contributed by atoms with E-state index in [9.17, 15) is 5.11 Å². The molecule has 5 nitrogen and oxygen atoms in total. The molecule has 102 valence electrons. The van der Waals surface area contributed by atoms with Crippen molar-refractivity contribution in [2.24, 2.45) is 7.05 Å². The number of aryl methyl sites for hydroxylation is 2. The molecule has 1 atom stereocenters. The van der Waals surface area contributed by atoms with Crippen LogP contribution in [0.2, 0.25) is 0 Å². The second kappa shape index (κ2) is 5.71. The van der Waals surface area contributed by atoms with Gasteiger partial charge < -0.3 is 9.84 Å². The van der Waals surface area contributed by atoms with E-state index in [1.807, 2.05) is 7.05 Å². The number of likely N-dealkylation sites (tertiary alicyclic amines) is 1. The molecule has 1 N–H and O–H groups in total. The summed E-state index contributed by atoms with van der Waals surface area (Å²) >= 11 is 0. The van der Waals surface area contributed by atoms with Crippen molar-refractivity contribution >= 4 is 0 Å². The molecule has 1 aromatic heterocycles. The lowest BCUT2D eigenvalue weighted by atomic mass is 10.1. The van der Waals surface area contributed by atoms with Gasteiger partial charge in [0.15, 0.2) is 0 Å². The fourth-order valence-electron chi connectivity index (χ4n) is 2.82. The molecular formula is C13H23N3O2. The first-order valence-corrected chi connectivity index (χ1v) is 6.64. The standard InChI is InChI=1S/C13H23N3O2/c1-4-12-11(13(18-3)15(2)14-12)8-16-7-5-6-10(16)9-17/h10,17H,4-9H2,1-3H3/t10-/m1/s1. The van der Waals surface area contributed by atoms with E-state index in [0.717, 1.165) is 43.9 Å². The van der Waals surface area contributed by atoms with Crippen LogP contribution in [0.25, 0.3) is 0 Å². The quantitative estimate of drug-likeness (QED) is 0.849. The molecule has 1 aliphatic rings. The van der Waals surface area contributed by atoms with Crippen molar-refractivity contribution in [2.45, 2.75) is 38.8 Å². The Labute approximate surface area is 108 Å². The summed E-state index contributed by atoms with van der Waals surface area (Å²) < 4.78 is 7.25. The number of methoxy groups -OCH3 is 1. The predicted molar refractivity (Wildman–Crippen MR) is 69.7 cm³/mol. The van der Waals surface area contributed by atoms with E-state index in [0.29, 0.717) is 6.04 Å². The molecule has 1 fully saturated rings. The Bertz CT molecular complexity index is 403. The molecule has 2 heterocycles. The lowest BCUT2D eigenvalue weighted by Gasteiger charge is -2.22. The number of aliphatic hydroxyl groups is 1. The highest BCUT2D eigenvalue weighted by atomic mass is 16.5. The summed E-state index contributed by atoms with van der Waals surface area (Å²) in [6.45, 7) is 4.22. The Balaban J connectivity index is 2.21. The first kappa shape index (κ1) is 13.4. The van der Waals surface area contributed by atoms with Crippen LogP contribution in [-0.4, -0.2) is 46.1 Å². The van der Waals surface area contributed by atoms with Gasteiger partial charge in [0.25, 0.3) is 0 Å². The van der Waals surface area contributed by atoms with Gasteiger partial charge in [0.1, 0.15) is 0 Å². The first-order valence-electron chi connectivity index (χ1n) is 6.64. The molecule has 1 saturated heterocycles. The van der Waals surface area contributed by atoms with E-state index in [-0.39, 0.29) is 6.61 Å². The highest BCUT2D eigenvalue weighted by Crippen LogP contribution is 2.27. The minimum absolute atomic E-state index is 0.240. The van der Waals surface area contributed by atoms with Gasteiger partial charge in [0, 0.05) is 19.6 Å².